The molecule has 4 unspecified atom stereocenters. The van der Waals surface area contributed by atoms with Gasteiger partial charge in [0.2, 0.25) is 41.9 Å². The molecule has 0 bridgehead atoms. The molecule has 0 saturated carbocycles. The molecule has 0 aromatic heterocycles. The molecule has 0 aliphatic carbocycles. The summed E-state index contributed by atoms with van der Waals surface area (Å²) in [5, 5.41) is 26.7. The van der Waals surface area contributed by atoms with E-state index in [1.54, 1.807) is 27.7 Å². The van der Waals surface area contributed by atoms with E-state index in [1.165, 1.54) is 13.8 Å². The zero-order valence-electron chi connectivity index (χ0n) is 26.2. The molecule has 17 nitrogen and oxygen atoms in total. The van der Waals surface area contributed by atoms with E-state index in [2.05, 4.69) is 37.2 Å². The Bertz CT molecular complexity index is 1020. The van der Waals surface area contributed by atoms with Gasteiger partial charge < -0.3 is 48.1 Å². The second-order valence-corrected chi connectivity index (χ2v) is 10.7. The molecule has 0 spiro atoms. The van der Waals surface area contributed by atoms with Crippen LogP contribution < -0.4 is 43.0 Å². The van der Waals surface area contributed by atoms with E-state index in [4.69, 9.17) is 5.73 Å². The van der Waals surface area contributed by atoms with Crippen LogP contribution >= 0.6 is 0 Å². The maximum Gasteiger partial charge on any atom is 0.326 e. The van der Waals surface area contributed by atoms with Gasteiger partial charge in [-0.05, 0) is 46.0 Å². The van der Waals surface area contributed by atoms with E-state index in [-0.39, 0.29) is 38.3 Å². The third-order valence-electron chi connectivity index (χ3n) is 6.41. The summed E-state index contributed by atoms with van der Waals surface area (Å²) in [7, 11) is 0. The van der Waals surface area contributed by atoms with Gasteiger partial charge in [0.05, 0.1) is 6.54 Å². The lowest BCUT2D eigenvalue weighted by Gasteiger charge is -2.24. The van der Waals surface area contributed by atoms with E-state index < -0.39 is 77.7 Å². The minimum absolute atomic E-state index is 0.0571. The summed E-state index contributed by atoms with van der Waals surface area (Å²) < 4.78 is 0. The first kappa shape index (κ1) is 39.7. The predicted molar refractivity (Wildman–Crippen MR) is 158 cm³/mol. The molecule has 0 aliphatic rings. The van der Waals surface area contributed by atoms with Crippen molar-refractivity contribution in [2.75, 3.05) is 13.1 Å². The topological polar surface area (TPSA) is 267 Å². The van der Waals surface area contributed by atoms with Crippen molar-refractivity contribution >= 4 is 47.8 Å². The first-order valence-electron chi connectivity index (χ1n) is 14.5. The monoisotopic (exact) mass is 628 g/mol. The maximum absolute atomic E-state index is 12.7. The van der Waals surface area contributed by atoms with E-state index >= 15 is 0 Å². The van der Waals surface area contributed by atoms with E-state index in [0.717, 1.165) is 0 Å². The first-order valence-corrected chi connectivity index (χ1v) is 14.5. The van der Waals surface area contributed by atoms with Crippen LogP contribution in [0.1, 0.15) is 67.2 Å². The van der Waals surface area contributed by atoms with Gasteiger partial charge in [-0.3, -0.25) is 33.6 Å². The summed E-state index contributed by atoms with van der Waals surface area (Å²) >= 11 is 0. The average molecular weight is 629 g/mol. The minimum Gasteiger partial charge on any atom is -0.480 e. The van der Waals surface area contributed by atoms with E-state index in [1.807, 2.05) is 0 Å². The second kappa shape index (κ2) is 20.6. The Labute approximate surface area is 257 Å². The number of carboxylic acid groups (broad SMARTS) is 1. The smallest absolute Gasteiger partial charge is 0.326 e. The largest absolute Gasteiger partial charge is 0.480 e. The van der Waals surface area contributed by atoms with Crippen molar-refractivity contribution in [2.45, 2.75) is 103 Å². The molecule has 0 rings (SSSR count). The fourth-order valence-corrected chi connectivity index (χ4v) is 3.84. The predicted octanol–water partition coefficient (Wildman–Crippen LogP) is -3.02. The number of hydrogen-bond acceptors (Lipinski definition) is 9. The first-order chi connectivity index (χ1) is 20.6. The van der Waals surface area contributed by atoms with Gasteiger partial charge in [-0.15, -0.1) is 0 Å². The van der Waals surface area contributed by atoms with Crippen LogP contribution in [0, 0.1) is 5.92 Å². The van der Waals surface area contributed by atoms with Gasteiger partial charge in [-0.2, -0.15) is 0 Å². The van der Waals surface area contributed by atoms with Crippen LogP contribution in [0.15, 0.2) is 0 Å². The van der Waals surface area contributed by atoms with Gasteiger partial charge in [-0.1, -0.05) is 20.8 Å². The van der Waals surface area contributed by atoms with Crippen LogP contribution in [0.4, 0.5) is 0 Å². The summed E-state index contributed by atoms with van der Waals surface area (Å²) in [6.07, 6.45) is 0.816. The number of nitrogens with two attached hydrogens (primary N) is 1. The Kier molecular flexibility index (Phi) is 18.6. The normalized spacial score (nSPS) is 14.8. The molecule has 0 fully saturated rings. The Morgan fingerprint density at radius 3 is 1.80 bits per heavy atom. The van der Waals surface area contributed by atoms with Crippen molar-refractivity contribution in [1.29, 1.82) is 0 Å². The number of rotatable bonds is 21. The van der Waals surface area contributed by atoms with Crippen molar-refractivity contribution in [3.63, 3.8) is 0 Å². The number of carbonyl (C=O) groups is 8. The number of carbonyl (C=O) groups excluding carboxylic acids is 7. The zero-order chi connectivity index (χ0) is 34.0. The quantitative estimate of drug-likeness (QED) is 0.0459. The van der Waals surface area contributed by atoms with Gasteiger partial charge >= 0.3 is 5.97 Å². The Morgan fingerprint density at radius 2 is 1.30 bits per heavy atom. The zero-order valence-corrected chi connectivity index (χ0v) is 26.2. The van der Waals surface area contributed by atoms with Gasteiger partial charge in [0.1, 0.15) is 30.2 Å². The number of amides is 7. The maximum atomic E-state index is 12.7. The molecular formula is C27H48N8O9. The van der Waals surface area contributed by atoms with Crippen molar-refractivity contribution in [1.82, 2.24) is 37.2 Å². The molecule has 0 saturated heterocycles. The molecular weight excluding hydrogens is 580 g/mol. The fourth-order valence-electron chi connectivity index (χ4n) is 3.84. The van der Waals surface area contributed by atoms with Crippen LogP contribution in [-0.2, 0) is 38.4 Å². The summed E-state index contributed by atoms with van der Waals surface area (Å²) in [6.45, 7) is 9.39. The van der Waals surface area contributed by atoms with Crippen molar-refractivity contribution in [2.24, 2.45) is 11.7 Å². The lowest BCUT2D eigenvalue weighted by atomic mass is 10.0. The van der Waals surface area contributed by atoms with Crippen LogP contribution in [-0.4, -0.2) is 102 Å². The Hall–Kier alpha value is -4.28. The van der Waals surface area contributed by atoms with Crippen molar-refractivity contribution in [3.05, 3.63) is 0 Å². The molecule has 0 radical (unpaired) electrons. The molecule has 17 heteroatoms. The van der Waals surface area contributed by atoms with Gasteiger partial charge in [-0.25, -0.2) is 4.79 Å². The Morgan fingerprint density at radius 1 is 0.727 bits per heavy atom. The molecule has 44 heavy (non-hydrogen) atoms. The van der Waals surface area contributed by atoms with Crippen LogP contribution in [0.3, 0.4) is 0 Å². The third-order valence-corrected chi connectivity index (χ3v) is 6.41. The van der Waals surface area contributed by atoms with Crippen LogP contribution in [0.2, 0.25) is 0 Å². The van der Waals surface area contributed by atoms with Crippen molar-refractivity contribution < 1.29 is 43.5 Å². The molecule has 0 aromatic rings. The number of hydrogen-bond donors (Lipinski definition) is 9. The molecule has 10 N–H and O–H groups in total. The third kappa shape index (κ3) is 15.3. The second-order valence-electron chi connectivity index (χ2n) is 10.7. The van der Waals surface area contributed by atoms with Crippen molar-refractivity contribution in [3.8, 4) is 0 Å². The molecule has 250 valence electrons. The average Bonchev–Trinajstić information content (AvgIpc) is 2.94. The molecule has 0 aromatic carbocycles. The van der Waals surface area contributed by atoms with Gasteiger partial charge in [0.15, 0.2) is 0 Å². The highest BCUT2D eigenvalue weighted by Gasteiger charge is 2.29. The number of nitrogens with one attached hydrogen (secondary N) is 7. The number of aliphatic carboxylic acids is 1. The SMILES string of the molecule is CCC(NC(=O)C[C@H](C)NC(=O)C(C)NC(=O)C(NC(=O)CN)C(C)C)C(=O)NC(C)C(=O)N[C@@H](CCCNC=O)C(=O)O. The lowest BCUT2D eigenvalue weighted by Crippen LogP contribution is -2.56. The summed E-state index contributed by atoms with van der Waals surface area (Å²) in [6, 6.07) is -5.92. The van der Waals surface area contributed by atoms with Gasteiger partial charge in [0.25, 0.3) is 0 Å². The van der Waals surface area contributed by atoms with Gasteiger partial charge in [0, 0.05) is 19.0 Å². The molecule has 7 amide bonds. The standard InChI is InChI=1S/C27H48N8O9/c1-7-18(25(41)31-17(6)24(40)34-19(27(43)44)9-8-10-29-13-36)33-20(37)11-15(4)30-23(39)16(5)32-26(42)22(14(2)3)35-21(38)12-28/h13-19,22H,7-12,28H2,1-6H3,(H,29,36)(H,30,39)(H,31,41)(H,32,42)(H,33,37)(H,34,40)(H,35,38)(H,43,44)/t15-,16?,17?,18?,19-,22?/m0/s1. The Balaban J connectivity index is 4.91. The highest BCUT2D eigenvalue weighted by molar-refractivity contribution is 5.94. The lowest BCUT2D eigenvalue weighted by molar-refractivity contribution is -0.142. The molecule has 0 heterocycles. The fraction of sp³-hybridized carbons (Fsp3) is 0.704. The van der Waals surface area contributed by atoms with Crippen LogP contribution in [0.25, 0.3) is 0 Å². The van der Waals surface area contributed by atoms with E-state index in [9.17, 15) is 43.5 Å². The minimum atomic E-state index is -1.27. The molecule has 0 aliphatic heterocycles. The number of carboxylic acids is 1. The van der Waals surface area contributed by atoms with E-state index in [0.29, 0.717) is 12.8 Å². The van der Waals surface area contributed by atoms with Crippen LogP contribution in [0.5, 0.6) is 0 Å². The highest BCUT2D eigenvalue weighted by Crippen LogP contribution is 2.04. The summed E-state index contributed by atoms with van der Waals surface area (Å²) in [5.74, 6) is -5.17. The highest BCUT2D eigenvalue weighted by atomic mass is 16.4. The summed E-state index contributed by atoms with van der Waals surface area (Å²) in [4.78, 5) is 96.4. The summed E-state index contributed by atoms with van der Waals surface area (Å²) in [5.41, 5.74) is 5.29. The molecule has 6 atom stereocenters.